The van der Waals surface area contributed by atoms with E-state index in [0.29, 0.717) is 19.7 Å². The minimum atomic E-state index is -0.951. The quantitative estimate of drug-likeness (QED) is 0.555. The summed E-state index contributed by atoms with van der Waals surface area (Å²) in [6.45, 7) is 1.62. The first kappa shape index (κ1) is 12.6. The molecule has 0 saturated carbocycles. The van der Waals surface area contributed by atoms with E-state index in [1.807, 2.05) is 6.08 Å². The molecule has 6 heteroatoms. The summed E-state index contributed by atoms with van der Waals surface area (Å²) in [5.74, 6) is -2.36. The van der Waals surface area contributed by atoms with E-state index in [0.717, 1.165) is 6.42 Å². The summed E-state index contributed by atoms with van der Waals surface area (Å²) in [6, 6.07) is 0. The van der Waals surface area contributed by atoms with E-state index in [9.17, 15) is 14.7 Å². The molecule has 3 heterocycles. The summed E-state index contributed by atoms with van der Waals surface area (Å²) in [6.07, 6.45) is 3.94. The highest BCUT2D eigenvalue weighted by molar-refractivity contribution is 5.90. The fourth-order valence-corrected chi connectivity index (χ4v) is 3.45. The standard InChI is InChI=1S/C13H17NO5/c1-18-6-2-5-14-7-13-4-3-8(19-13)9(12(16)17)10(13)11(14)15/h3-4,8-10H,2,5-7H2,1H3,(H,16,17)/t8-,9+,10+,13-/m1/s1. The van der Waals surface area contributed by atoms with Crippen LogP contribution in [0.5, 0.6) is 0 Å². The number of nitrogens with zero attached hydrogens (tertiary/aromatic N) is 1. The van der Waals surface area contributed by atoms with Crippen LogP contribution in [0.3, 0.4) is 0 Å². The molecule has 0 aromatic carbocycles. The number of carbonyl (C=O) groups is 2. The fourth-order valence-electron chi connectivity index (χ4n) is 3.45. The van der Waals surface area contributed by atoms with Crippen molar-refractivity contribution in [3.05, 3.63) is 12.2 Å². The Balaban J connectivity index is 1.79. The van der Waals surface area contributed by atoms with E-state index in [1.54, 1.807) is 18.1 Å². The van der Waals surface area contributed by atoms with Gasteiger partial charge in [0.25, 0.3) is 0 Å². The molecular formula is C13H17NO5. The molecule has 6 nitrogen and oxygen atoms in total. The molecule has 1 N–H and O–H groups in total. The summed E-state index contributed by atoms with van der Waals surface area (Å²) < 4.78 is 10.8. The number of hydrogen-bond donors (Lipinski definition) is 1. The minimum absolute atomic E-state index is 0.102. The molecule has 0 unspecified atom stereocenters. The first-order valence-electron chi connectivity index (χ1n) is 6.47. The lowest BCUT2D eigenvalue weighted by molar-refractivity contribution is -0.148. The predicted octanol–water partition coefficient (Wildman–Crippen LogP) is -0.111. The van der Waals surface area contributed by atoms with E-state index < -0.39 is 29.5 Å². The number of fused-ring (bicyclic) bond motifs is 1. The predicted molar refractivity (Wildman–Crippen MR) is 64.4 cm³/mol. The van der Waals surface area contributed by atoms with E-state index in [2.05, 4.69) is 0 Å². The number of ether oxygens (including phenoxy) is 2. The van der Waals surface area contributed by atoms with Gasteiger partial charge in [0.2, 0.25) is 5.91 Å². The van der Waals surface area contributed by atoms with Crippen LogP contribution in [-0.2, 0) is 19.1 Å². The lowest BCUT2D eigenvalue weighted by Gasteiger charge is -2.21. The lowest BCUT2D eigenvalue weighted by atomic mass is 9.77. The largest absolute Gasteiger partial charge is 0.481 e. The number of methoxy groups -OCH3 is 1. The van der Waals surface area contributed by atoms with Gasteiger partial charge in [-0.1, -0.05) is 12.2 Å². The monoisotopic (exact) mass is 267 g/mol. The van der Waals surface area contributed by atoms with E-state index in [-0.39, 0.29) is 5.91 Å². The molecule has 3 rings (SSSR count). The first-order chi connectivity index (χ1) is 9.09. The van der Waals surface area contributed by atoms with Crippen molar-refractivity contribution in [2.45, 2.75) is 18.1 Å². The van der Waals surface area contributed by atoms with Crippen molar-refractivity contribution in [1.82, 2.24) is 4.90 Å². The van der Waals surface area contributed by atoms with Crippen molar-refractivity contribution >= 4 is 11.9 Å². The Morgan fingerprint density at radius 2 is 2.47 bits per heavy atom. The van der Waals surface area contributed by atoms with Gasteiger partial charge in [0, 0.05) is 20.3 Å². The zero-order valence-electron chi connectivity index (χ0n) is 10.7. The molecule has 0 radical (unpaired) electrons. The van der Waals surface area contributed by atoms with E-state index in [4.69, 9.17) is 9.47 Å². The lowest BCUT2D eigenvalue weighted by Crippen LogP contribution is -2.39. The Labute approximate surface area is 111 Å². The van der Waals surface area contributed by atoms with Crippen LogP contribution in [0.15, 0.2) is 12.2 Å². The summed E-state index contributed by atoms with van der Waals surface area (Å²) in [5, 5.41) is 9.29. The maximum atomic E-state index is 12.4. The molecule has 104 valence electrons. The molecule has 3 aliphatic heterocycles. The third kappa shape index (κ3) is 1.70. The average molecular weight is 267 g/mol. The van der Waals surface area contributed by atoms with Gasteiger partial charge in [-0.2, -0.15) is 0 Å². The summed E-state index contributed by atoms with van der Waals surface area (Å²) >= 11 is 0. The highest BCUT2D eigenvalue weighted by Crippen LogP contribution is 2.51. The van der Waals surface area contributed by atoms with Crippen LogP contribution >= 0.6 is 0 Å². The second-order valence-corrected chi connectivity index (χ2v) is 5.34. The normalized spacial score (nSPS) is 39.1. The van der Waals surface area contributed by atoms with Gasteiger partial charge in [-0.15, -0.1) is 0 Å². The fraction of sp³-hybridized carbons (Fsp3) is 0.692. The van der Waals surface area contributed by atoms with Crippen molar-refractivity contribution in [3.63, 3.8) is 0 Å². The van der Waals surface area contributed by atoms with Gasteiger partial charge in [0.05, 0.1) is 18.6 Å². The first-order valence-corrected chi connectivity index (χ1v) is 6.47. The summed E-state index contributed by atoms with van der Waals surface area (Å²) in [4.78, 5) is 25.4. The zero-order valence-corrected chi connectivity index (χ0v) is 10.7. The van der Waals surface area contributed by atoms with E-state index >= 15 is 0 Å². The number of carboxylic acids is 1. The third-order valence-electron chi connectivity index (χ3n) is 4.24. The SMILES string of the molecule is COCCCN1C[C@@]23C=C[C@@H](O2)[C@H](C(=O)O)[C@H]3C1=O. The zero-order chi connectivity index (χ0) is 13.6. The number of hydrogen-bond acceptors (Lipinski definition) is 4. The maximum absolute atomic E-state index is 12.4. The Hall–Kier alpha value is -1.40. The van der Waals surface area contributed by atoms with Gasteiger partial charge in [-0.05, 0) is 6.42 Å². The average Bonchev–Trinajstić information content (AvgIpc) is 2.99. The molecule has 2 saturated heterocycles. The number of rotatable bonds is 5. The molecular weight excluding hydrogens is 250 g/mol. The second-order valence-electron chi connectivity index (χ2n) is 5.34. The highest BCUT2D eigenvalue weighted by Gasteiger charge is 2.66. The number of carbonyl (C=O) groups excluding carboxylic acids is 1. The van der Waals surface area contributed by atoms with Crippen molar-refractivity contribution < 1.29 is 24.2 Å². The van der Waals surface area contributed by atoms with Gasteiger partial charge >= 0.3 is 5.97 Å². The number of aliphatic carboxylic acids is 1. The van der Waals surface area contributed by atoms with Crippen LogP contribution in [0.1, 0.15) is 6.42 Å². The van der Waals surface area contributed by atoms with Crippen LogP contribution in [0.25, 0.3) is 0 Å². The Morgan fingerprint density at radius 3 is 3.16 bits per heavy atom. The van der Waals surface area contributed by atoms with Crippen LogP contribution in [0, 0.1) is 11.8 Å². The smallest absolute Gasteiger partial charge is 0.310 e. The Kier molecular flexibility index (Phi) is 2.87. The molecule has 1 amide bonds. The summed E-state index contributed by atoms with van der Waals surface area (Å²) in [5.41, 5.74) is -0.710. The second kappa shape index (κ2) is 4.31. The summed E-state index contributed by atoms with van der Waals surface area (Å²) in [7, 11) is 1.62. The van der Waals surface area contributed by atoms with Gasteiger partial charge in [-0.3, -0.25) is 9.59 Å². The topological polar surface area (TPSA) is 76.1 Å². The van der Waals surface area contributed by atoms with Crippen LogP contribution in [0.4, 0.5) is 0 Å². The van der Waals surface area contributed by atoms with Crippen molar-refractivity contribution in [1.29, 1.82) is 0 Å². The molecule has 0 aromatic rings. The molecule has 2 fully saturated rings. The Morgan fingerprint density at radius 1 is 1.68 bits per heavy atom. The molecule has 0 aliphatic carbocycles. The molecule has 1 spiro atoms. The van der Waals surface area contributed by atoms with Gasteiger partial charge in [0.15, 0.2) is 0 Å². The maximum Gasteiger partial charge on any atom is 0.310 e. The molecule has 0 aromatic heterocycles. The molecule has 4 atom stereocenters. The van der Waals surface area contributed by atoms with E-state index in [1.165, 1.54) is 0 Å². The molecule has 2 bridgehead atoms. The number of likely N-dealkylation sites (tertiary alicyclic amines) is 1. The molecule has 3 aliphatic rings. The number of amides is 1. The van der Waals surface area contributed by atoms with Gasteiger partial charge < -0.3 is 19.5 Å². The minimum Gasteiger partial charge on any atom is -0.481 e. The van der Waals surface area contributed by atoms with Gasteiger partial charge in [0.1, 0.15) is 11.5 Å². The van der Waals surface area contributed by atoms with Crippen LogP contribution in [-0.4, -0.2) is 60.4 Å². The van der Waals surface area contributed by atoms with Crippen molar-refractivity contribution in [2.24, 2.45) is 11.8 Å². The van der Waals surface area contributed by atoms with Crippen molar-refractivity contribution in [3.8, 4) is 0 Å². The van der Waals surface area contributed by atoms with Crippen LogP contribution in [0.2, 0.25) is 0 Å². The van der Waals surface area contributed by atoms with Gasteiger partial charge in [-0.25, -0.2) is 0 Å². The molecule has 19 heavy (non-hydrogen) atoms. The van der Waals surface area contributed by atoms with Crippen LogP contribution < -0.4 is 0 Å². The Bertz CT molecular complexity index is 448. The third-order valence-corrected chi connectivity index (χ3v) is 4.24. The number of carboxylic acid groups (broad SMARTS) is 1. The highest BCUT2D eigenvalue weighted by atomic mass is 16.5. The van der Waals surface area contributed by atoms with Crippen molar-refractivity contribution in [2.75, 3.05) is 26.8 Å².